The van der Waals surface area contributed by atoms with Gasteiger partial charge in [-0.2, -0.15) is 5.10 Å². The summed E-state index contributed by atoms with van der Waals surface area (Å²) < 4.78 is 21.1. The van der Waals surface area contributed by atoms with Crippen molar-refractivity contribution < 1.29 is 23.6 Å². The largest absolute Gasteiger partial charge is 0.494 e. The molecule has 5 aromatic rings. The summed E-state index contributed by atoms with van der Waals surface area (Å²) in [6.07, 6.45) is 0.485. The summed E-state index contributed by atoms with van der Waals surface area (Å²) in [4.78, 5) is 38.7. The van der Waals surface area contributed by atoms with E-state index in [2.05, 4.69) is 15.5 Å². The maximum atomic E-state index is 13.8. The third-order valence-corrected chi connectivity index (χ3v) is 9.64. The highest BCUT2D eigenvalue weighted by Gasteiger charge is 2.34. The Hall–Kier alpha value is -5.41. The summed E-state index contributed by atoms with van der Waals surface area (Å²) in [5.74, 6) is -0.141. The fourth-order valence-electron chi connectivity index (χ4n) is 5.42. The Bertz CT molecular complexity index is 2020. The first-order valence-corrected chi connectivity index (χ1v) is 17.1. The molecule has 0 aliphatic carbocycles. The first-order valence-electron chi connectivity index (χ1n) is 15.2. The van der Waals surface area contributed by atoms with Gasteiger partial charge < -0.3 is 10.1 Å². The highest BCUT2D eigenvalue weighted by atomic mass is 32.2. The molecular weight excluding hydrogens is 670 g/mol. The highest BCUT2D eigenvalue weighted by molar-refractivity contribution is 7.99. The Morgan fingerprint density at radius 2 is 1.86 bits per heavy atom. The molecule has 1 unspecified atom stereocenters. The number of halogens is 1. The lowest BCUT2D eigenvalue weighted by atomic mass is 10.0. The van der Waals surface area contributed by atoms with Crippen LogP contribution in [-0.2, 0) is 11.3 Å². The van der Waals surface area contributed by atoms with Crippen LogP contribution in [0.5, 0.6) is 5.75 Å². The number of nitrogens with zero attached hydrogens (tertiary/aromatic N) is 6. The molecule has 250 valence electrons. The lowest BCUT2D eigenvalue weighted by Crippen LogP contribution is -2.28. The van der Waals surface area contributed by atoms with Gasteiger partial charge in [-0.1, -0.05) is 36.0 Å². The van der Waals surface area contributed by atoms with Crippen molar-refractivity contribution in [1.82, 2.24) is 25.1 Å². The summed E-state index contributed by atoms with van der Waals surface area (Å²) in [6, 6.07) is 21.1. The number of nitro groups is 1. The van der Waals surface area contributed by atoms with Crippen LogP contribution in [0.1, 0.15) is 51.6 Å². The molecular formula is C34H30FN7O5S2. The van der Waals surface area contributed by atoms with Gasteiger partial charge in [0, 0.05) is 29.3 Å². The van der Waals surface area contributed by atoms with Gasteiger partial charge in [0.05, 0.1) is 40.5 Å². The van der Waals surface area contributed by atoms with Gasteiger partial charge in [0.2, 0.25) is 0 Å². The van der Waals surface area contributed by atoms with E-state index in [1.807, 2.05) is 36.6 Å². The minimum atomic E-state index is -0.530. The number of hydrazone groups is 1. The number of amides is 2. The summed E-state index contributed by atoms with van der Waals surface area (Å²) in [7, 11) is 0. The summed E-state index contributed by atoms with van der Waals surface area (Å²) in [5, 5.41) is 31.4. The van der Waals surface area contributed by atoms with E-state index >= 15 is 0 Å². The first-order chi connectivity index (χ1) is 23.7. The molecule has 0 saturated heterocycles. The Kier molecular flexibility index (Phi) is 10.1. The fourth-order valence-corrected chi connectivity index (χ4v) is 6.96. The minimum absolute atomic E-state index is 0.0344. The summed E-state index contributed by atoms with van der Waals surface area (Å²) in [5.41, 5.74) is 2.48. The van der Waals surface area contributed by atoms with E-state index in [0.29, 0.717) is 35.4 Å². The molecule has 3 heterocycles. The molecule has 0 spiro atoms. The van der Waals surface area contributed by atoms with Gasteiger partial charge >= 0.3 is 0 Å². The Labute approximate surface area is 288 Å². The van der Waals surface area contributed by atoms with Crippen molar-refractivity contribution in [3.05, 3.63) is 128 Å². The molecule has 12 nitrogen and oxygen atoms in total. The minimum Gasteiger partial charge on any atom is -0.494 e. The van der Waals surface area contributed by atoms with Crippen molar-refractivity contribution >= 4 is 46.3 Å². The van der Waals surface area contributed by atoms with E-state index in [0.717, 1.165) is 27.9 Å². The van der Waals surface area contributed by atoms with E-state index in [-0.39, 0.29) is 40.8 Å². The van der Waals surface area contributed by atoms with Gasteiger partial charge in [-0.3, -0.25) is 24.3 Å². The molecule has 1 atom stereocenters. The van der Waals surface area contributed by atoms with Gasteiger partial charge in [-0.05, 0) is 73.3 Å². The Balaban J connectivity index is 1.25. The summed E-state index contributed by atoms with van der Waals surface area (Å²) in [6.45, 7) is 3.85. The molecule has 2 aromatic heterocycles. The van der Waals surface area contributed by atoms with Crippen LogP contribution in [0.15, 0.2) is 94.5 Å². The quantitative estimate of drug-likeness (QED) is 0.0885. The number of ether oxygens (including phenoxy) is 1. The number of hydrogen-bond donors (Lipinski definition) is 1. The second-order valence-electron chi connectivity index (χ2n) is 10.9. The average Bonchev–Trinajstić information content (AvgIpc) is 3.88. The van der Waals surface area contributed by atoms with Crippen molar-refractivity contribution in [2.24, 2.45) is 5.10 Å². The smallest absolute Gasteiger partial charge is 0.273 e. The number of carbonyl (C=O) groups excluding carboxylic acids is 2. The third-order valence-electron chi connectivity index (χ3n) is 7.81. The molecule has 6 rings (SSSR count). The number of benzene rings is 3. The van der Waals surface area contributed by atoms with Crippen LogP contribution in [0.4, 0.5) is 10.1 Å². The van der Waals surface area contributed by atoms with E-state index in [4.69, 9.17) is 9.84 Å². The molecule has 2 amide bonds. The molecule has 49 heavy (non-hydrogen) atoms. The molecule has 0 radical (unpaired) electrons. The number of aromatic nitrogens is 3. The maximum Gasteiger partial charge on any atom is 0.273 e. The number of thioether (sulfide) groups is 1. The zero-order valence-corrected chi connectivity index (χ0v) is 28.0. The van der Waals surface area contributed by atoms with E-state index in [1.54, 1.807) is 28.8 Å². The van der Waals surface area contributed by atoms with Crippen LogP contribution in [0.25, 0.3) is 5.69 Å². The number of thiophene rings is 1. The van der Waals surface area contributed by atoms with Crippen LogP contribution in [0, 0.1) is 22.9 Å². The zero-order chi connectivity index (χ0) is 34.5. The molecule has 1 N–H and O–H groups in total. The normalized spacial score (nSPS) is 14.1. The fraction of sp³-hybridized carbons (Fsp3) is 0.206. The van der Waals surface area contributed by atoms with Crippen molar-refractivity contribution in [2.75, 3.05) is 12.4 Å². The first kappa shape index (κ1) is 33.5. The Morgan fingerprint density at radius 3 is 2.55 bits per heavy atom. The third kappa shape index (κ3) is 7.37. The van der Waals surface area contributed by atoms with E-state index < -0.39 is 16.9 Å². The molecule has 0 fully saturated rings. The van der Waals surface area contributed by atoms with Crippen LogP contribution in [-0.4, -0.2) is 54.6 Å². The predicted octanol–water partition coefficient (Wildman–Crippen LogP) is 6.48. The number of carbonyl (C=O) groups is 2. The lowest BCUT2D eigenvalue weighted by Gasteiger charge is -2.22. The lowest BCUT2D eigenvalue weighted by molar-refractivity contribution is -0.385. The summed E-state index contributed by atoms with van der Waals surface area (Å²) >= 11 is 2.69. The van der Waals surface area contributed by atoms with Gasteiger partial charge in [0.15, 0.2) is 11.0 Å². The van der Waals surface area contributed by atoms with Crippen LogP contribution in [0.3, 0.4) is 0 Å². The molecule has 15 heteroatoms. The monoisotopic (exact) mass is 699 g/mol. The van der Waals surface area contributed by atoms with Gasteiger partial charge in [0.25, 0.3) is 17.5 Å². The molecule has 1 aliphatic rings. The second kappa shape index (κ2) is 14.8. The van der Waals surface area contributed by atoms with Gasteiger partial charge in [-0.15, -0.1) is 21.5 Å². The van der Waals surface area contributed by atoms with E-state index in [1.165, 1.54) is 53.6 Å². The number of nitrogens with one attached hydrogen (secondary N) is 1. The SMILES string of the molecule is CCOc1ccc(-n2c(CNC(=O)c3cccc([N+](=O)[O-])c3C)nnc2SCC(=O)N2N=C(c3cccs3)CC2c2ccc(F)cc2)cc1. The van der Waals surface area contributed by atoms with Crippen LogP contribution >= 0.6 is 23.1 Å². The average molecular weight is 700 g/mol. The highest BCUT2D eigenvalue weighted by Crippen LogP contribution is 2.35. The van der Waals surface area contributed by atoms with Crippen molar-refractivity contribution in [2.45, 2.75) is 38.0 Å². The van der Waals surface area contributed by atoms with Gasteiger partial charge in [-0.25, -0.2) is 9.40 Å². The van der Waals surface area contributed by atoms with Crippen molar-refractivity contribution in [3.63, 3.8) is 0 Å². The van der Waals surface area contributed by atoms with Gasteiger partial charge in [0.1, 0.15) is 11.6 Å². The van der Waals surface area contributed by atoms with Crippen molar-refractivity contribution in [1.29, 1.82) is 0 Å². The topological polar surface area (TPSA) is 145 Å². The van der Waals surface area contributed by atoms with Crippen LogP contribution < -0.4 is 10.1 Å². The number of nitro benzene ring substituents is 1. The molecule has 0 saturated carbocycles. The standard InChI is InChI=1S/C34H30FN7O5S2/c1-3-47-25-15-13-24(14-16-25)40-31(19-36-33(44)26-6-4-7-28(21(26)2)42(45)46)37-38-34(40)49-20-32(43)41-29(22-9-11-23(35)12-10-22)18-27(39-41)30-8-5-17-48-30/h4-17,29H,3,18-20H2,1-2H3,(H,36,44). The Morgan fingerprint density at radius 1 is 1.08 bits per heavy atom. The van der Waals surface area contributed by atoms with E-state index in [9.17, 15) is 24.1 Å². The molecule has 3 aromatic carbocycles. The maximum absolute atomic E-state index is 13.8. The molecule has 0 bridgehead atoms. The predicted molar refractivity (Wildman–Crippen MR) is 184 cm³/mol. The van der Waals surface area contributed by atoms with Crippen LogP contribution in [0.2, 0.25) is 0 Å². The second-order valence-corrected chi connectivity index (χ2v) is 12.8. The van der Waals surface area contributed by atoms with Crippen molar-refractivity contribution in [3.8, 4) is 11.4 Å². The molecule has 1 aliphatic heterocycles. The number of hydrogen-bond acceptors (Lipinski definition) is 10. The number of rotatable bonds is 12. The zero-order valence-electron chi connectivity index (χ0n) is 26.4.